The van der Waals surface area contributed by atoms with Crippen molar-refractivity contribution < 1.29 is 29.0 Å². The van der Waals surface area contributed by atoms with E-state index in [0.717, 1.165) is 30.2 Å². The Morgan fingerprint density at radius 2 is 2.11 bits per heavy atom. The van der Waals surface area contributed by atoms with Gasteiger partial charge in [-0.05, 0) is 62.1 Å². The Hall–Kier alpha value is -3.40. The lowest BCUT2D eigenvalue weighted by atomic mass is 9.90. The van der Waals surface area contributed by atoms with Gasteiger partial charge in [-0.15, -0.1) is 0 Å². The van der Waals surface area contributed by atoms with E-state index in [0.29, 0.717) is 37.4 Å². The minimum absolute atomic E-state index is 0.0683. The van der Waals surface area contributed by atoms with Crippen molar-refractivity contribution in [2.24, 2.45) is 11.3 Å². The summed E-state index contributed by atoms with van der Waals surface area (Å²) in [7, 11) is 1.57. The Morgan fingerprint density at radius 1 is 1.31 bits per heavy atom. The largest absolute Gasteiger partial charge is 0.496 e. The molecule has 10 nitrogen and oxygen atoms in total. The molecule has 3 fully saturated rings. The van der Waals surface area contributed by atoms with Crippen LogP contribution >= 0.6 is 0 Å². The second kappa shape index (κ2) is 9.57. The van der Waals surface area contributed by atoms with Crippen LogP contribution in [0.25, 0.3) is 10.9 Å². The normalized spacial score (nSPS) is 23.4. The number of likely N-dealkylation sites (tertiary alicyclic amines) is 1. The maximum atomic E-state index is 13.6. The number of nitrogens with one attached hydrogen (secondary N) is 3. The fourth-order valence-electron chi connectivity index (χ4n) is 5.61. The number of aromatic amines is 1. The highest BCUT2D eigenvalue weighted by atomic mass is 16.5. The van der Waals surface area contributed by atoms with Crippen molar-refractivity contribution in [1.82, 2.24) is 20.5 Å². The number of hydrogen-bond acceptors (Lipinski definition) is 6. The van der Waals surface area contributed by atoms with Gasteiger partial charge in [-0.1, -0.05) is 6.07 Å². The zero-order chi connectivity index (χ0) is 25.4. The summed E-state index contributed by atoms with van der Waals surface area (Å²) in [6, 6.07) is 5.53. The quantitative estimate of drug-likeness (QED) is 0.432. The van der Waals surface area contributed by atoms with Crippen LogP contribution in [0.4, 0.5) is 0 Å². The van der Waals surface area contributed by atoms with Gasteiger partial charge in [0.25, 0.3) is 5.91 Å². The molecule has 1 aromatic carbocycles. The number of rotatable bonds is 8. The van der Waals surface area contributed by atoms with Gasteiger partial charge in [0.1, 0.15) is 24.1 Å². The van der Waals surface area contributed by atoms with Crippen LogP contribution in [-0.2, 0) is 14.4 Å². The molecular formula is C26H32N4O6. The molecule has 1 spiro atoms. The fourth-order valence-corrected chi connectivity index (χ4v) is 5.61. The van der Waals surface area contributed by atoms with Crippen molar-refractivity contribution in [2.75, 3.05) is 26.8 Å². The number of ether oxygens (including phenoxy) is 1. The molecule has 0 radical (unpaired) electrons. The lowest BCUT2D eigenvalue weighted by Gasteiger charge is -2.28. The molecule has 2 saturated heterocycles. The molecule has 3 heterocycles. The Labute approximate surface area is 208 Å². The van der Waals surface area contributed by atoms with Gasteiger partial charge in [-0.2, -0.15) is 0 Å². The number of aliphatic hydroxyl groups is 1. The first-order chi connectivity index (χ1) is 17.3. The molecule has 2 aliphatic heterocycles. The zero-order valence-corrected chi connectivity index (χ0v) is 20.3. The van der Waals surface area contributed by atoms with Crippen molar-refractivity contribution in [3.63, 3.8) is 0 Å². The summed E-state index contributed by atoms with van der Waals surface area (Å²) in [6.45, 7) is 0.342. The van der Waals surface area contributed by atoms with Gasteiger partial charge in [0.05, 0.1) is 13.2 Å². The van der Waals surface area contributed by atoms with Gasteiger partial charge < -0.3 is 30.4 Å². The number of aliphatic hydroxyl groups excluding tert-OH is 1. The monoisotopic (exact) mass is 496 g/mol. The number of carbonyl (C=O) groups is 4. The minimum Gasteiger partial charge on any atom is -0.496 e. The third kappa shape index (κ3) is 4.57. The SMILES string of the molecule is COc1cccc2[nH]c(C(=O)N3CC4(CC4)C[C@H]3C(=O)N[C@@H](CC3CCCNC3=O)C(=O)CO)cc12. The first-order valence-electron chi connectivity index (χ1n) is 12.5. The molecule has 3 amide bonds. The third-order valence-corrected chi connectivity index (χ3v) is 7.88. The number of nitrogens with zero attached hydrogens (tertiary/aromatic N) is 1. The number of ketones is 1. The predicted octanol–water partition coefficient (Wildman–Crippen LogP) is 1.13. The number of benzene rings is 1. The van der Waals surface area contributed by atoms with Crippen LogP contribution in [0.1, 0.15) is 49.0 Å². The van der Waals surface area contributed by atoms with Gasteiger partial charge >= 0.3 is 0 Å². The molecule has 1 unspecified atom stereocenters. The van der Waals surface area contributed by atoms with Crippen LogP contribution in [0.3, 0.4) is 0 Å². The van der Waals surface area contributed by atoms with E-state index in [2.05, 4.69) is 15.6 Å². The second-order valence-electron chi connectivity index (χ2n) is 10.3. The zero-order valence-electron chi connectivity index (χ0n) is 20.3. The summed E-state index contributed by atoms with van der Waals surface area (Å²) in [5, 5.41) is 15.8. The Kier molecular flexibility index (Phi) is 6.46. The third-order valence-electron chi connectivity index (χ3n) is 7.88. The minimum atomic E-state index is -0.985. The van der Waals surface area contributed by atoms with E-state index in [1.807, 2.05) is 18.2 Å². The lowest BCUT2D eigenvalue weighted by Crippen LogP contribution is -2.52. The smallest absolute Gasteiger partial charge is 0.271 e. The van der Waals surface area contributed by atoms with Crippen LogP contribution in [0.2, 0.25) is 0 Å². The van der Waals surface area contributed by atoms with E-state index < -0.39 is 36.3 Å². The highest BCUT2D eigenvalue weighted by Crippen LogP contribution is 2.55. The van der Waals surface area contributed by atoms with Gasteiger partial charge in [0.2, 0.25) is 11.8 Å². The molecule has 5 rings (SSSR count). The first-order valence-corrected chi connectivity index (χ1v) is 12.5. The standard InChI is InChI=1S/C26H32N4O6/c1-36-22-6-2-5-17-16(22)11-19(28-17)25(35)30-14-26(7-8-26)12-20(30)24(34)29-18(21(32)13-31)10-15-4-3-9-27-23(15)33/h2,5-6,11,15,18,20,28,31H,3-4,7-10,12-14H2,1H3,(H,27,33)(H,29,34)/t15?,18-,20-/m0/s1. The molecule has 4 N–H and O–H groups in total. The molecule has 2 aromatic rings. The molecule has 1 saturated carbocycles. The average molecular weight is 497 g/mol. The summed E-state index contributed by atoms with van der Waals surface area (Å²) in [5.41, 5.74) is 1.06. The summed E-state index contributed by atoms with van der Waals surface area (Å²) in [5.74, 6) is -1.15. The van der Waals surface area contributed by atoms with Crippen molar-refractivity contribution in [2.45, 2.75) is 50.6 Å². The second-order valence-corrected chi connectivity index (χ2v) is 10.3. The maximum Gasteiger partial charge on any atom is 0.271 e. The van der Waals surface area contributed by atoms with E-state index in [4.69, 9.17) is 4.74 Å². The topological polar surface area (TPSA) is 141 Å². The lowest BCUT2D eigenvalue weighted by molar-refractivity contribution is -0.133. The van der Waals surface area contributed by atoms with Crippen LogP contribution in [0.5, 0.6) is 5.75 Å². The van der Waals surface area contributed by atoms with Gasteiger partial charge in [0, 0.05) is 29.9 Å². The van der Waals surface area contributed by atoms with Crippen LogP contribution in [-0.4, -0.2) is 77.4 Å². The number of carbonyl (C=O) groups excluding carboxylic acids is 4. The summed E-state index contributed by atoms with van der Waals surface area (Å²) < 4.78 is 5.41. The van der Waals surface area contributed by atoms with Crippen molar-refractivity contribution >= 4 is 34.4 Å². The highest BCUT2D eigenvalue weighted by molar-refractivity contribution is 6.02. The van der Waals surface area contributed by atoms with Crippen LogP contribution in [0.15, 0.2) is 24.3 Å². The number of methoxy groups -OCH3 is 1. The van der Waals surface area contributed by atoms with Crippen molar-refractivity contribution in [3.8, 4) is 5.75 Å². The van der Waals surface area contributed by atoms with E-state index in [-0.39, 0.29) is 23.7 Å². The van der Waals surface area contributed by atoms with Crippen LogP contribution < -0.4 is 15.4 Å². The van der Waals surface area contributed by atoms with Gasteiger partial charge in [-0.25, -0.2) is 0 Å². The number of piperidine rings is 1. The number of aromatic nitrogens is 1. The summed E-state index contributed by atoms with van der Waals surface area (Å²) >= 11 is 0. The highest BCUT2D eigenvalue weighted by Gasteiger charge is 2.55. The maximum absolute atomic E-state index is 13.6. The molecule has 36 heavy (non-hydrogen) atoms. The fraction of sp³-hybridized carbons (Fsp3) is 0.538. The molecule has 3 atom stereocenters. The van der Waals surface area contributed by atoms with E-state index >= 15 is 0 Å². The average Bonchev–Trinajstić information content (AvgIpc) is 3.32. The molecule has 1 aromatic heterocycles. The van der Waals surface area contributed by atoms with E-state index in [1.165, 1.54) is 0 Å². The number of Topliss-reactive ketones (excluding diaryl/α,β-unsaturated/α-hetero) is 1. The first kappa shape index (κ1) is 24.3. The summed E-state index contributed by atoms with van der Waals surface area (Å²) in [4.78, 5) is 56.5. The van der Waals surface area contributed by atoms with Gasteiger partial charge in [-0.3, -0.25) is 19.2 Å². The molecular weight excluding hydrogens is 464 g/mol. The van der Waals surface area contributed by atoms with Crippen molar-refractivity contribution in [1.29, 1.82) is 0 Å². The molecule has 10 heteroatoms. The number of H-pyrrole nitrogens is 1. The molecule has 0 bridgehead atoms. The Bertz CT molecular complexity index is 1200. The molecule has 1 aliphatic carbocycles. The Balaban J connectivity index is 1.36. The van der Waals surface area contributed by atoms with E-state index in [1.54, 1.807) is 18.1 Å². The summed E-state index contributed by atoms with van der Waals surface area (Å²) in [6.07, 6.45) is 3.97. The van der Waals surface area contributed by atoms with Crippen molar-refractivity contribution in [3.05, 3.63) is 30.0 Å². The van der Waals surface area contributed by atoms with E-state index in [9.17, 15) is 24.3 Å². The Morgan fingerprint density at radius 3 is 2.81 bits per heavy atom. The van der Waals surface area contributed by atoms with Gasteiger partial charge in [0.15, 0.2) is 5.78 Å². The van der Waals surface area contributed by atoms with Crippen LogP contribution in [0, 0.1) is 11.3 Å². The number of amides is 3. The number of hydrogen-bond donors (Lipinski definition) is 4. The predicted molar refractivity (Wildman–Crippen MR) is 130 cm³/mol. The molecule has 3 aliphatic rings. The molecule has 192 valence electrons. The number of fused-ring (bicyclic) bond motifs is 1.